The van der Waals surface area contributed by atoms with Crippen LogP contribution in [0, 0.1) is 30.3 Å². The number of hydrogen-bond acceptors (Lipinski definition) is 5. The molecule has 2 fully saturated rings. The van der Waals surface area contributed by atoms with E-state index in [1.807, 2.05) is 13.8 Å². The molecule has 254 valence electrons. The lowest BCUT2D eigenvalue weighted by Gasteiger charge is -2.22. The SMILES string of the molecule is CC.COc1cc(C(=O)NCC(c2cc(C3(C(N)=O)CC3)c(F)c(-c3cc(C(C)C)c(F)cc3F)n2)C2CC2)cc2cc(Cl)c(C)nc12. The summed E-state index contributed by atoms with van der Waals surface area (Å²) in [7, 11) is 1.49. The van der Waals surface area contributed by atoms with E-state index in [-0.39, 0.29) is 52.6 Å². The molecule has 0 radical (unpaired) electrons. The number of amides is 2. The fourth-order valence-corrected chi connectivity index (χ4v) is 6.31. The average molecular weight is 681 g/mol. The number of carbonyl (C=O) groups excluding carboxylic acids is 2. The predicted molar refractivity (Wildman–Crippen MR) is 181 cm³/mol. The molecule has 7 nitrogen and oxygen atoms in total. The van der Waals surface area contributed by atoms with E-state index < -0.39 is 28.8 Å². The van der Waals surface area contributed by atoms with Gasteiger partial charge in [-0.15, -0.1) is 0 Å². The summed E-state index contributed by atoms with van der Waals surface area (Å²) in [5, 5.41) is 4.07. The van der Waals surface area contributed by atoms with E-state index in [0.717, 1.165) is 18.9 Å². The largest absolute Gasteiger partial charge is 0.494 e. The summed E-state index contributed by atoms with van der Waals surface area (Å²) in [5.41, 5.74) is 6.20. The van der Waals surface area contributed by atoms with Crippen molar-refractivity contribution in [2.45, 2.75) is 77.6 Å². The summed E-state index contributed by atoms with van der Waals surface area (Å²) < 4.78 is 51.7. The van der Waals surface area contributed by atoms with Gasteiger partial charge in [0, 0.05) is 46.3 Å². The van der Waals surface area contributed by atoms with E-state index in [0.29, 0.717) is 51.5 Å². The zero-order valence-corrected chi connectivity index (χ0v) is 28.7. The van der Waals surface area contributed by atoms with Gasteiger partial charge in [-0.3, -0.25) is 9.59 Å². The Hall–Kier alpha value is -4.18. The molecular weight excluding hydrogens is 641 g/mol. The van der Waals surface area contributed by atoms with Crippen molar-refractivity contribution in [3.05, 3.63) is 87.0 Å². The van der Waals surface area contributed by atoms with Crippen molar-refractivity contribution in [1.82, 2.24) is 15.3 Å². The third-order valence-electron chi connectivity index (χ3n) is 9.23. The molecule has 11 heteroatoms. The number of nitrogens with zero attached hydrogens (tertiary/aromatic N) is 2. The molecule has 0 aliphatic heterocycles. The van der Waals surface area contributed by atoms with Crippen molar-refractivity contribution < 1.29 is 27.5 Å². The Morgan fingerprint density at radius 1 is 1.04 bits per heavy atom. The van der Waals surface area contributed by atoms with Crippen LogP contribution in [0.15, 0.2) is 36.4 Å². The molecular formula is C37H40ClF3N4O3. The first-order valence-corrected chi connectivity index (χ1v) is 16.7. The molecule has 0 bridgehead atoms. The van der Waals surface area contributed by atoms with Crippen LogP contribution in [-0.2, 0) is 10.2 Å². The van der Waals surface area contributed by atoms with Crippen molar-refractivity contribution >= 4 is 34.3 Å². The zero-order valence-electron chi connectivity index (χ0n) is 27.9. The molecule has 4 aromatic rings. The van der Waals surface area contributed by atoms with Crippen LogP contribution in [0.5, 0.6) is 5.75 Å². The number of aryl methyl sites for hydroxylation is 1. The summed E-state index contributed by atoms with van der Waals surface area (Å²) in [4.78, 5) is 35.1. The number of nitrogens with two attached hydrogens (primary N) is 1. The molecule has 2 heterocycles. The summed E-state index contributed by atoms with van der Waals surface area (Å²) in [6, 6.07) is 8.55. The highest BCUT2D eigenvalue weighted by Crippen LogP contribution is 2.51. The van der Waals surface area contributed by atoms with Gasteiger partial charge < -0.3 is 15.8 Å². The Balaban J connectivity index is 0.00000221. The Kier molecular flexibility index (Phi) is 10.1. The second kappa shape index (κ2) is 13.7. The van der Waals surface area contributed by atoms with Crippen molar-refractivity contribution in [1.29, 1.82) is 0 Å². The van der Waals surface area contributed by atoms with E-state index in [4.69, 9.17) is 22.1 Å². The Morgan fingerprint density at radius 3 is 2.31 bits per heavy atom. The smallest absolute Gasteiger partial charge is 0.251 e. The van der Waals surface area contributed by atoms with Crippen LogP contribution < -0.4 is 15.8 Å². The van der Waals surface area contributed by atoms with Crippen LogP contribution in [0.1, 0.15) is 98.1 Å². The van der Waals surface area contributed by atoms with Crippen LogP contribution >= 0.6 is 11.6 Å². The minimum absolute atomic E-state index is 0.0470. The van der Waals surface area contributed by atoms with E-state index in [2.05, 4.69) is 15.3 Å². The molecule has 0 spiro atoms. The average Bonchev–Trinajstić information content (AvgIpc) is 3.98. The maximum absolute atomic E-state index is 16.3. The van der Waals surface area contributed by atoms with Gasteiger partial charge in [0.25, 0.3) is 5.91 Å². The Bertz CT molecular complexity index is 1910. The molecule has 2 aliphatic rings. The lowest BCUT2D eigenvalue weighted by atomic mass is 9.88. The number of pyridine rings is 2. The minimum atomic E-state index is -1.24. The first-order valence-electron chi connectivity index (χ1n) is 16.3. The number of benzene rings is 2. The Morgan fingerprint density at radius 2 is 1.73 bits per heavy atom. The van der Waals surface area contributed by atoms with Gasteiger partial charge in [-0.05, 0) is 80.3 Å². The summed E-state index contributed by atoms with van der Waals surface area (Å²) >= 11 is 6.30. The first kappa shape index (κ1) is 35.1. The quantitative estimate of drug-likeness (QED) is 0.175. The maximum atomic E-state index is 16.3. The number of primary amides is 1. The molecule has 0 saturated heterocycles. The number of fused-ring (bicyclic) bond motifs is 1. The number of halogens is 4. The zero-order chi connectivity index (χ0) is 35.1. The molecule has 1 unspecified atom stereocenters. The van der Waals surface area contributed by atoms with E-state index in [1.165, 1.54) is 19.2 Å². The first-order chi connectivity index (χ1) is 22.8. The van der Waals surface area contributed by atoms with Crippen molar-refractivity contribution in [2.24, 2.45) is 11.7 Å². The third kappa shape index (κ3) is 6.59. The van der Waals surface area contributed by atoms with Crippen LogP contribution in [0.25, 0.3) is 22.2 Å². The normalized spacial score (nSPS) is 15.5. The number of nitrogens with one attached hydrogen (secondary N) is 1. The molecule has 2 aromatic carbocycles. The summed E-state index contributed by atoms with van der Waals surface area (Å²) in [6.45, 7) is 9.42. The predicted octanol–water partition coefficient (Wildman–Crippen LogP) is 8.27. The van der Waals surface area contributed by atoms with Crippen LogP contribution in [-0.4, -0.2) is 35.4 Å². The molecule has 48 heavy (non-hydrogen) atoms. The van der Waals surface area contributed by atoms with E-state index in [9.17, 15) is 14.0 Å². The molecule has 2 saturated carbocycles. The van der Waals surface area contributed by atoms with Crippen LogP contribution in [0.2, 0.25) is 5.02 Å². The molecule has 1 atom stereocenters. The second-order valence-corrected chi connectivity index (χ2v) is 13.1. The van der Waals surface area contributed by atoms with Crippen LogP contribution in [0.4, 0.5) is 13.2 Å². The monoisotopic (exact) mass is 680 g/mol. The van der Waals surface area contributed by atoms with Gasteiger partial charge in [-0.1, -0.05) is 39.3 Å². The van der Waals surface area contributed by atoms with Gasteiger partial charge >= 0.3 is 0 Å². The fraction of sp³-hybridized carbons (Fsp3) is 0.405. The summed E-state index contributed by atoms with van der Waals surface area (Å²) in [6.07, 6.45) is 2.39. The Labute approximate surface area is 283 Å². The van der Waals surface area contributed by atoms with Gasteiger partial charge in [0.15, 0.2) is 5.82 Å². The lowest BCUT2D eigenvalue weighted by Crippen LogP contribution is -2.32. The second-order valence-electron chi connectivity index (χ2n) is 12.7. The number of carbonyl (C=O) groups is 2. The van der Waals surface area contributed by atoms with Gasteiger partial charge in [0.05, 0.1) is 23.2 Å². The van der Waals surface area contributed by atoms with E-state index >= 15 is 8.78 Å². The van der Waals surface area contributed by atoms with Crippen LogP contribution in [0.3, 0.4) is 0 Å². The maximum Gasteiger partial charge on any atom is 0.251 e. The van der Waals surface area contributed by atoms with Crippen molar-refractivity contribution in [3.63, 3.8) is 0 Å². The van der Waals surface area contributed by atoms with Crippen molar-refractivity contribution in [2.75, 3.05) is 13.7 Å². The van der Waals surface area contributed by atoms with E-state index in [1.54, 1.807) is 39.0 Å². The number of rotatable bonds is 10. The highest BCUT2D eigenvalue weighted by molar-refractivity contribution is 6.31. The standard InChI is InChI=1S/C35H34ClF3N4O3.C2H6/c1-16(2)21-12-22(27(38)14-26(21)37)32-30(39)24(35(7-8-35)34(40)45)13-28(43-32)23(18-5-6-18)15-41-33(44)20-9-19-10-25(36)17(3)42-31(19)29(11-20)46-4;1-2/h9-14,16,18,23H,5-8,15H2,1-4H3,(H2,40,45)(H,41,44);1-2H3. The number of aromatic nitrogens is 2. The highest BCUT2D eigenvalue weighted by Gasteiger charge is 2.52. The molecule has 2 aromatic heterocycles. The van der Waals surface area contributed by atoms with Gasteiger partial charge in [0.1, 0.15) is 28.6 Å². The molecule has 3 N–H and O–H groups in total. The molecule has 6 rings (SSSR count). The topological polar surface area (TPSA) is 107 Å². The number of hydrogen-bond donors (Lipinski definition) is 2. The van der Waals surface area contributed by atoms with Gasteiger partial charge in [0.2, 0.25) is 5.91 Å². The lowest BCUT2D eigenvalue weighted by molar-refractivity contribution is -0.120. The highest BCUT2D eigenvalue weighted by atomic mass is 35.5. The van der Waals surface area contributed by atoms with Gasteiger partial charge in [-0.25, -0.2) is 23.1 Å². The number of ether oxygens (including phenoxy) is 1. The number of methoxy groups -OCH3 is 1. The summed E-state index contributed by atoms with van der Waals surface area (Å²) in [5.74, 6) is -3.76. The van der Waals surface area contributed by atoms with Crippen molar-refractivity contribution in [3.8, 4) is 17.0 Å². The molecule has 2 amide bonds. The van der Waals surface area contributed by atoms with Gasteiger partial charge in [-0.2, -0.15) is 0 Å². The fourth-order valence-electron chi connectivity index (χ4n) is 6.15. The third-order valence-corrected chi connectivity index (χ3v) is 9.61. The molecule has 2 aliphatic carbocycles. The minimum Gasteiger partial charge on any atom is -0.494 e.